The number of hydrogen-bond acceptors (Lipinski definition) is 4. The highest BCUT2D eigenvalue weighted by atomic mass is 16.7. The van der Waals surface area contributed by atoms with E-state index >= 15 is 0 Å². The van der Waals surface area contributed by atoms with Gasteiger partial charge in [0.05, 0.1) is 19.6 Å². The Morgan fingerprint density at radius 3 is 2.94 bits per heavy atom. The molecule has 0 amide bonds. The number of esters is 1. The van der Waals surface area contributed by atoms with Crippen molar-refractivity contribution in [2.75, 3.05) is 20.3 Å². The molecule has 4 heteroatoms. The topological polar surface area (TPSA) is 44.8 Å². The van der Waals surface area contributed by atoms with E-state index in [1.54, 1.807) is 0 Å². The maximum atomic E-state index is 11.1. The van der Waals surface area contributed by atoms with E-state index in [-0.39, 0.29) is 18.2 Å². The third kappa shape index (κ3) is 5.84. The zero-order chi connectivity index (χ0) is 12.5. The molecule has 1 aliphatic rings. The van der Waals surface area contributed by atoms with Crippen LogP contribution in [0.15, 0.2) is 12.2 Å². The van der Waals surface area contributed by atoms with Crippen LogP contribution >= 0.6 is 0 Å². The first-order valence-corrected chi connectivity index (χ1v) is 6.20. The second-order valence-corrected chi connectivity index (χ2v) is 4.26. The minimum Gasteiger partial charge on any atom is -0.469 e. The summed E-state index contributed by atoms with van der Waals surface area (Å²) in [6.45, 7) is 3.19. The van der Waals surface area contributed by atoms with Gasteiger partial charge in [-0.25, -0.2) is 0 Å². The second kappa shape index (κ2) is 8.25. The van der Waals surface area contributed by atoms with E-state index in [2.05, 4.69) is 4.74 Å². The van der Waals surface area contributed by atoms with Crippen LogP contribution in [0.25, 0.3) is 0 Å². The fourth-order valence-corrected chi connectivity index (χ4v) is 1.67. The number of ether oxygens (including phenoxy) is 3. The lowest BCUT2D eigenvalue weighted by molar-refractivity contribution is -0.155. The summed E-state index contributed by atoms with van der Waals surface area (Å²) in [5.41, 5.74) is 0. The molecule has 1 fully saturated rings. The molecular weight excluding hydrogens is 220 g/mol. The molecule has 0 aromatic carbocycles. The Bertz CT molecular complexity index is 244. The molecule has 1 heterocycles. The first kappa shape index (κ1) is 14.2. The summed E-state index contributed by atoms with van der Waals surface area (Å²) in [4.78, 5) is 11.1. The highest BCUT2D eigenvalue weighted by Crippen LogP contribution is 2.13. The van der Waals surface area contributed by atoms with Gasteiger partial charge in [0.15, 0.2) is 6.29 Å². The van der Waals surface area contributed by atoms with Gasteiger partial charge < -0.3 is 14.2 Å². The summed E-state index contributed by atoms with van der Waals surface area (Å²) in [5.74, 6) is -0.270. The first-order valence-electron chi connectivity index (χ1n) is 6.20. The third-order valence-electron chi connectivity index (χ3n) is 2.78. The zero-order valence-electron chi connectivity index (χ0n) is 10.7. The molecular formula is C13H22O4. The van der Waals surface area contributed by atoms with Crippen molar-refractivity contribution in [2.24, 2.45) is 5.92 Å². The minimum atomic E-state index is -0.175. The van der Waals surface area contributed by atoms with E-state index < -0.39 is 0 Å². The van der Waals surface area contributed by atoms with E-state index in [9.17, 15) is 4.79 Å². The zero-order valence-corrected chi connectivity index (χ0v) is 10.7. The normalized spacial score (nSPS) is 22.6. The van der Waals surface area contributed by atoms with Crippen molar-refractivity contribution >= 4 is 5.97 Å². The number of carbonyl (C=O) groups excluding carboxylic acids is 1. The van der Waals surface area contributed by atoms with Crippen LogP contribution in [0.5, 0.6) is 0 Å². The van der Waals surface area contributed by atoms with Gasteiger partial charge in [0.1, 0.15) is 0 Å². The Morgan fingerprint density at radius 1 is 1.47 bits per heavy atom. The van der Waals surface area contributed by atoms with Crippen molar-refractivity contribution in [1.29, 1.82) is 0 Å². The highest BCUT2D eigenvalue weighted by Gasteiger charge is 2.13. The summed E-state index contributed by atoms with van der Waals surface area (Å²) < 4.78 is 15.6. The largest absolute Gasteiger partial charge is 0.469 e. The van der Waals surface area contributed by atoms with Gasteiger partial charge in [0.25, 0.3) is 0 Å². The van der Waals surface area contributed by atoms with Gasteiger partial charge in [-0.15, -0.1) is 0 Å². The minimum absolute atomic E-state index is 0.0496. The monoisotopic (exact) mass is 242 g/mol. The molecule has 98 valence electrons. The Balaban J connectivity index is 2.07. The first-order chi connectivity index (χ1) is 8.24. The third-order valence-corrected chi connectivity index (χ3v) is 2.78. The molecule has 1 aliphatic heterocycles. The van der Waals surface area contributed by atoms with Gasteiger partial charge in [-0.2, -0.15) is 0 Å². The molecule has 0 spiro atoms. The standard InChI is InChI=1S/C13H22O4/c1-11(13(14)15-2)7-3-5-9-16-12-8-4-6-10-17-12/h3,5,11-12H,4,6-10H2,1-2H3/b5-3-. The average Bonchev–Trinajstić information content (AvgIpc) is 2.38. The van der Waals surface area contributed by atoms with Crippen LogP contribution in [-0.2, 0) is 19.0 Å². The van der Waals surface area contributed by atoms with E-state index in [0.717, 1.165) is 19.4 Å². The molecule has 4 nitrogen and oxygen atoms in total. The van der Waals surface area contributed by atoms with E-state index in [1.165, 1.54) is 13.5 Å². The summed E-state index contributed by atoms with van der Waals surface area (Å²) in [5, 5.41) is 0. The molecule has 0 saturated carbocycles. The Morgan fingerprint density at radius 2 is 2.29 bits per heavy atom. The van der Waals surface area contributed by atoms with Crippen molar-refractivity contribution in [3.8, 4) is 0 Å². The number of carbonyl (C=O) groups is 1. The fourth-order valence-electron chi connectivity index (χ4n) is 1.67. The van der Waals surface area contributed by atoms with Crippen LogP contribution in [0.4, 0.5) is 0 Å². The molecule has 0 radical (unpaired) electrons. The maximum Gasteiger partial charge on any atom is 0.308 e. The highest BCUT2D eigenvalue weighted by molar-refractivity contribution is 5.71. The average molecular weight is 242 g/mol. The van der Waals surface area contributed by atoms with E-state index in [4.69, 9.17) is 9.47 Å². The van der Waals surface area contributed by atoms with Gasteiger partial charge in [0.2, 0.25) is 0 Å². The number of allylic oxidation sites excluding steroid dienone is 1. The summed E-state index contributed by atoms with van der Waals surface area (Å²) in [7, 11) is 1.41. The number of rotatable bonds is 6. The van der Waals surface area contributed by atoms with Crippen molar-refractivity contribution in [3.63, 3.8) is 0 Å². The molecule has 0 aromatic rings. The molecule has 0 bridgehead atoms. The predicted molar refractivity (Wildman–Crippen MR) is 64.5 cm³/mol. The Hall–Kier alpha value is -0.870. The summed E-state index contributed by atoms with van der Waals surface area (Å²) >= 11 is 0. The second-order valence-electron chi connectivity index (χ2n) is 4.26. The Kier molecular flexibility index (Phi) is 6.89. The lowest BCUT2D eigenvalue weighted by atomic mass is 10.1. The van der Waals surface area contributed by atoms with Gasteiger partial charge in [-0.3, -0.25) is 4.79 Å². The molecule has 2 atom stereocenters. The quantitative estimate of drug-likeness (QED) is 0.529. The molecule has 0 N–H and O–H groups in total. The van der Waals surface area contributed by atoms with Gasteiger partial charge >= 0.3 is 5.97 Å². The predicted octanol–water partition coefficient (Wildman–Crippen LogP) is 2.29. The van der Waals surface area contributed by atoms with E-state index in [1.807, 2.05) is 19.1 Å². The maximum absolute atomic E-state index is 11.1. The van der Waals surface area contributed by atoms with Crippen LogP contribution in [-0.4, -0.2) is 32.6 Å². The molecule has 2 unspecified atom stereocenters. The lowest BCUT2D eigenvalue weighted by Gasteiger charge is -2.21. The fraction of sp³-hybridized carbons (Fsp3) is 0.769. The van der Waals surface area contributed by atoms with Crippen LogP contribution in [0.3, 0.4) is 0 Å². The van der Waals surface area contributed by atoms with Crippen LogP contribution < -0.4 is 0 Å². The smallest absolute Gasteiger partial charge is 0.308 e. The van der Waals surface area contributed by atoms with Crippen LogP contribution in [0, 0.1) is 5.92 Å². The molecule has 0 aliphatic carbocycles. The van der Waals surface area contributed by atoms with Gasteiger partial charge in [-0.05, 0) is 25.7 Å². The molecule has 1 saturated heterocycles. The lowest BCUT2D eigenvalue weighted by Crippen LogP contribution is -2.22. The summed E-state index contributed by atoms with van der Waals surface area (Å²) in [6.07, 6.45) is 7.79. The van der Waals surface area contributed by atoms with Gasteiger partial charge in [-0.1, -0.05) is 19.1 Å². The number of hydrogen-bond donors (Lipinski definition) is 0. The summed E-state index contributed by atoms with van der Waals surface area (Å²) in [6, 6.07) is 0. The van der Waals surface area contributed by atoms with Crippen molar-refractivity contribution in [2.45, 2.75) is 38.9 Å². The van der Waals surface area contributed by atoms with Crippen LogP contribution in [0.2, 0.25) is 0 Å². The van der Waals surface area contributed by atoms with Crippen molar-refractivity contribution in [1.82, 2.24) is 0 Å². The molecule has 0 aromatic heterocycles. The van der Waals surface area contributed by atoms with Crippen LogP contribution in [0.1, 0.15) is 32.6 Å². The SMILES string of the molecule is COC(=O)C(C)C/C=C\COC1CCCCO1. The molecule has 1 rings (SSSR count). The van der Waals surface area contributed by atoms with E-state index in [0.29, 0.717) is 13.0 Å². The number of methoxy groups -OCH3 is 1. The van der Waals surface area contributed by atoms with Crippen molar-refractivity contribution < 1.29 is 19.0 Å². The van der Waals surface area contributed by atoms with Crippen molar-refractivity contribution in [3.05, 3.63) is 12.2 Å². The Labute approximate surface area is 103 Å². The molecule has 17 heavy (non-hydrogen) atoms. The van der Waals surface area contributed by atoms with Gasteiger partial charge in [0, 0.05) is 6.61 Å².